The van der Waals surface area contributed by atoms with E-state index in [4.69, 9.17) is 4.42 Å². The van der Waals surface area contributed by atoms with E-state index in [-0.39, 0.29) is 5.92 Å². The zero-order chi connectivity index (χ0) is 17.4. The number of nitrogens with zero attached hydrogens (tertiary/aromatic N) is 8. The number of fused-ring (bicyclic) bond motifs is 1. The molecule has 132 valence electrons. The van der Waals surface area contributed by atoms with Crippen LogP contribution in [0.3, 0.4) is 0 Å². The van der Waals surface area contributed by atoms with Gasteiger partial charge < -0.3 is 9.32 Å². The van der Waals surface area contributed by atoms with Crippen LogP contribution in [-0.2, 0) is 6.54 Å². The number of aromatic nitrogens is 6. The lowest BCUT2D eigenvalue weighted by atomic mass is 10.2. The molecule has 0 saturated carbocycles. The molecule has 1 aliphatic heterocycles. The van der Waals surface area contributed by atoms with E-state index in [2.05, 4.69) is 56.1 Å². The van der Waals surface area contributed by atoms with E-state index in [1.165, 1.54) is 0 Å². The fourth-order valence-electron chi connectivity index (χ4n) is 3.14. The summed E-state index contributed by atoms with van der Waals surface area (Å²) in [4.78, 5) is 4.65. The summed E-state index contributed by atoms with van der Waals surface area (Å²) in [5.41, 5.74) is 0.757. The molecule has 0 spiro atoms. The first kappa shape index (κ1) is 15.9. The predicted molar refractivity (Wildman–Crippen MR) is 91.3 cm³/mol. The van der Waals surface area contributed by atoms with Gasteiger partial charge in [0.15, 0.2) is 5.65 Å². The number of hydrogen-bond donors (Lipinski definition) is 0. The smallest absolute Gasteiger partial charge is 0.230 e. The fraction of sp³-hybridized carbons (Fsp3) is 0.562. The Labute approximate surface area is 145 Å². The van der Waals surface area contributed by atoms with Crippen molar-refractivity contribution in [2.24, 2.45) is 0 Å². The summed E-state index contributed by atoms with van der Waals surface area (Å²) in [5, 5.41) is 20.7. The van der Waals surface area contributed by atoms with Crippen LogP contribution in [0.25, 0.3) is 5.65 Å². The molecule has 1 aliphatic rings. The van der Waals surface area contributed by atoms with Crippen molar-refractivity contribution in [1.29, 1.82) is 0 Å². The molecule has 0 aliphatic carbocycles. The van der Waals surface area contributed by atoms with Gasteiger partial charge in [-0.25, -0.2) is 0 Å². The van der Waals surface area contributed by atoms with Gasteiger partial charge >= 0.3 is 0 Å². The van der Waals surface area contributed by atoms with Crippen molar-refractivity contribution in [1.82, 2.24) is 34.9 Å². The molecule has 0 radical (unpaired) electrons. The Morgan fingerprint density at radius 2 is 2.08 bits per heavy atom. The van der Waals surface area contributed by atoms with Crippen LogP contribution < -0.4 is 4.90 Å². The van der Waals surface area contributed by atoms with Crippen LogP contribution >= 0.6 is 0 Å². The highest BCUT2D eigenvalue weighted by Crippen LogP contribution is 2.20. The predicted octanol–water partition coefficient (Wildman–Crippen LogP) is 1.34. The van der Waals surface area contributed by atoms with Crippen molar-refractivity contribution < 1.29 is 4.42 Å². The van der Waals surface area contributed by atoms with Gasteiger partial charge in [-0.15, -0.1) is 25.5 Å². The number of anilines is 1. The number of hydrogen-bond acceptors (Lipinski definition) is 8. The van der Waals surface area contributed by atoms with E-state index in [0.717, 1.165) is 31.1 Å². The molecule has 1 saturated heterocycles. The molecular formula is C16H22N8O. The van der Waals surface area contributed by atoms with Crippen LogP contribution in [0.1, 0.15) is 38.5 Å². The summed E-state index contributed by atoms with van der Waals surface area (Å²) in [6.07, 6.45) is 1.63. The third-order valence-corrected chi connectivity index (χ3v) is 4.49. The normalized spacial score (nSPS) is 19.2. The highest BCUT2D eigenvalue weighted by Gasteiger charge is 2.26. The molecule has 0 aromatic carbocycles. The van der Waals surface area contributed by atoms with E-state index >= 15 is 0 Å². The Morgan fingerprint density at radius 1 is 1.20 bits per heavy atom. The number of piperazine rings is 1. The van der Waals surface area contributed by atoms with Gasteiger partial charge in [-0.3, -0.25) is 4.90 Å². The second-order valence-corrected chi connectivity index (χ2v) is 6.79. The Kier molecular flexibility index (Phi) is 4.08. The Hall–Kier alpha value is -2.55. The highest BCUT2D eigenvalue weighted by molar-refractivity contribution is 5.46. The van der Waals surface area contributed by atoms with Crippen LogP contribution in [0.4, 0.5) is 5.82 Å². The molecule has 3 aromatic rings. The molecular weight excluding hydrogens is 320 g/mol. The Bertz CT molecular complexity index is 857. The maximum atomic E-state index is 5.73. The Balaban J connectivity index is 1.42. The zero-order valence-corrected chi connectivity index (χ0v) is 14.7. The van der Waals surface area contributed by atoms with Gasteiger partial charge in [-0.2, -0.15) is 4.52 Å². The maximum Gasteiger partial charge on any atom is 0.230 e. The largest absolute Gasteiger partial charge is 0.424 e. The molecule has 4 heterocycles. The maximum absolute atomic E-state index is 5.73. The SMILES string of the molecule is CC(C)c1nnc(CN2CCN(c3ccc4nncn4n3)[C@H](C)C2)o1. The minimum Gasteiger partial charge on any atom is -0.424 e. The molecule has 0 N–H and O–H groups in total. The summed E-state index contributed by atoms with van der Waals surface area (Å²) >= 11 is 0. The first-order valence-electron chi connectivity index (χ1n) is 8.58. The first-order chi connectivity index (χ1) is 12.1. The quantitative estimate of drug-likeness (QED) is 0.702. The van der Waals surface area contributed by atoms with Gasteiger partial charge in [0.25, 0.3) is 0 Å². The van der Waals surface area contributed by atoms with Gasteiger partial charge in [0.05, 0.1) is 6.54 Å². The average molecular weight is 342 g/mol. The second-order valence-electron chi connectivity index (χ2n) is 6.79. The van der Waals surface area contributed by atoms with Crippen LogP contribution in [0.2, 0.25) is 0 Å². The van der Waals surface area contributed by atoms with Crippen molar-refractivity contribution in [3.8, 4) is 0 Å². The summed E-state index contributed by atoms with van der Waals surface area (Å²) in [6.45, 7) is 9.74. The van der Waals surface area contributed by atoms with Crippen LogP contribution in [0.5, 0.6) is 0 Å². The molecule has 0 amide bonds. The monoisotopic (exact) mass is 342 g/mol. The minimum atomic E-state index is 0.260. The third kappa shape index (κ3) is 3.19. The van der Waals surface area contributed by atoms with Gasteiger partial charge in [-0.05, 0) is 19.1 Å². The molecule has 0 bridgehead atoms. The minimum absolute atomic E-state index is 0.260. The molecule has 9 heteroatoms. The van der Waals surface area contributed by atoms with E-state index < -0.39 is 0 Å². The van der Waals surface area contributed by atoms with E-state index in [9.17, 15) is 0 Å². The van der Waals surface area contributed by atoms with Crippen LogP contribution in [0.15, 0.2) is 22.9 Å². The molecule has 25 heavy (non-hydrogen) atoms. The van der Waals surface area contributed by atoms with Gasteiger partial charge in [-0.1, -0.05) is 13.8 Å². The molecule has 1 atom stereocenters. The molecule has 4 rings (SSSR count). The standard InChI is InChI=1S/C16H22N8O/c1-11(2)16-20-19-15(25-16)9-22-6-7-23(12(3)8-22)14-5-4-13-18-17-10-24(13)21-14/h4-5,10-12H,6-9H2,1-3H3/t12-/m1/s1. The summed E-state index contributed by atoms with van der Waals surface area (Å²) in [7, 11) is 0. The first-order valence-corrected chi connectivity index (χ1v) is 8.58. The molecule has 9 nitrogen and oxygen atoms in total. The van der Waals surface area contributed by atoms with Crippen molar-refractivity contribution in [3.05, 3.63) is 30.2 Å². The summed E-state index contributed by atoms with van der Waals surface area (Å²) in [5.74, 6) is 2.59. The van der Waals surface area contributed by atoms with E-state index in [1.54, 1.807) is 10.8 Å². The average Bonchev–Trinajstić information content (AvgIpc) is 3.23. The van der Waals surface area contributed by atoms with Crippen LogP contribution in [0, 0.1) is 0 Å². The van der Waals surface area contributed by atoms with Crippen LogP contribution in [-0.4, -0.2) is 60.6 Å². The zero-order valence-electron chi connectivity index (χ0n) is 14.7. The van der Waals surface area contributed by atoms with Crippen molar-refractivity contribution in [2.45, 2.75) is 39.3 Å². The fourth-order valence-corrected chi connectivity index (χ4v) is 3.14. The topological polar surface area (TPSA) is 88.5 Å². The second kappa shape index (κ2) is 6.40. The lowest BCUT2D eigenvalue weighted by Crippen LogP contribution is -2.52. The van der Waals surface area contributed by atoms with Gasteiger partial charge in [0.2, 0.25) is 11.8 Å². The summed E-state index contributed by atoms with van der Waals surface area (Å²) in [6, 6.07) is 4.28. The van der Waals surface area contributed by atoms with E-state index in [1.807, 2.05) is 12.1 Å². The molecule has 1 fully saturated rings. The van der Waals surface area contributed by atoms with E-state index in [0.29, 0.717) is 24.4 Å². The number of rotatable bonds is 4. The lowest BCUT2D eigenvalue weighted by Gasteiger charge is -2.39. The third-order valence-electron chi connectivity index (χ3n) is 4.49. The molecule has 0 unspecified atom stereocenters. The Morgan fingerprint density at radius 3 is 2.84 bits per heavy atom. The van der Waals surface area contributed by atoms with Crippen molar-refractivity contribution >= 4 is 11.5 Å². The van der Waals surface area contributed by atoms with Gasteiger partial charge in [0, 0.05) is 31.6 Å². The summed E-state index contributed by atoms with van der Waals surface area (Å²) < 4.78 is 7.44. The van der Waals surface area contributed by atoms with Crippen molar-refractivity contribution in [3.63, 3.8) is 0 Å². The molecule has 3 aromatic heterocycles. The lowest BCUT2D eigenvalue weighted by molar-refractivity contribution is 0.199. The highest BCUT2D eigenvalue weighted by atomic mass is 16.4. The van der Waals surface area contributed by atoms with Crippen molar-refractivity contribution in [2.75, 3.05) is 24.5 Å². The van der Waals surface area contributed by atoms with Gasteiger partial charge in [0.1, 0.15) is 12.1 Å².